The first kappa shape index (κ1) is 28.3. The lowest BCUT2D eigenvalue weighted by Gasteiger charge is -2.15. The number of imidazole rings is 1. The molecule has 1 heterocycles. The number of aromatic nitrogens is 2. The van der Waals surface area contributed by atoms with Crippen LogP contribution in [0.4, 0.5) is 4.79 Å². The van der Waals surface area contributed by atoms with Gasteiger partial charge in [-0.2, -0.15) is 0 Å². The molecule has 10 heteroatoms. The molecule has 0 saturated carbocycles. The molecule has 8 nitrogen and oxygen atoms in total. The summed E-state index contributed by atoms with van der Waals surface area (Å²) in [5.74, 6) is 0.943. The maximum atomic E-state index is 12.9. The Hall–Kier alpha value is -3.24. The standard InChI is InChI=1S/C27H33N3O5S2/c1-5-10-24-28-19(4)25(26(36)34-7-3)30(24)18-20-13-15-21(16-14-20)22-11-8-9-12-23(22)37(32,33)29-27(31)35-17-6-2/h8-9,11-16H,5-7,10,17-18H2,1-4H3,(H,29,31). The van der Waals surface area contributed by atoms with E-state index in [2.05, 4.69) is 11.5 Å². The Bertz CT molecular complexity index is 1350. The molecule has 3 aromatic rings. The lowest BCUT2D eigenvalue weighted by Crippen LogP contribution is -2.31. The Labute approximate surface area is 224 Å². The van der Waals surface area contributed by atoms with E-state index in [1.165, 1.54) is 6.07 Å². The van der Waals surface area contributed by atoms with Crippen LogP contribution in [-0.4, -0.2) is 42.3 Å². The molecule has 0 aliphatic carbocycles. The highest BCUT2D eigenvalue weighted by Crippen LogP contribution is 2.28. The number of sulfonamides is 1. The van der Waals surface area contributed by atoms with Crippen LogP contribution in [0.1, 0.15) is 56.4 Å². The van der Waals surface area contributed by atoms with Gasteiger partial charge in [0.15, 0.2) is 0 Å². The van der Waals surface area contributed by atoms with Gasteiger partial charge in [0.05, 0.1) is 23.8 Å². The Morgan fingerprint density at radius 3 is 2.38 bits per heavy atom. The molecule has 2 aromatic carbocycles. The number of hydrogen-bond donors (Lipinski definition) is 1. The van der Waals surface area contributed by atoms with Crippen LogP contribution in [0.2, 0.25) is 0 Å². The van der Waals surface area contributed by atoms with Crippen LogP contribution in [0.5, 0.6) is 0 Å². The zero-order chi connectivity index (χ0) is 27.0. The van der Waals surface area contributed by atoms with E-state index in [4.69, 9.17) is 26.7 Å². The first-order valence-corrected chi connectivity index (χ1v) is 14.2. The van der Waals surface area contributed by atoms with Crippen molar-refractivity contribution in [1.82, 2.24) is 14.3 Å². The van der Waals surface area contributed by atoms with Crippen molar-refractivity contribution in [3.8, 4) is 11.1 Å². The fourth-order valence-electron chi connectivity index (χ4n) is 3.97. The number of amides is 1. The third kappa shape index (κ3) is 6.95. The number of nitrogens with zero attached hydrogens (tertiary/aromatic N) is 2. The van der Waals surface area contributed by atoms with Crippen molar-refractivity contribution < 1.29 is 22.7 Å². The van der Waals surface area contributed by atoms with Crippen LogP contribution < -0.4 is 4.72 Å². The molecule has 1 amide bonds. The highest BCUT2D eigenvalue weighted by molar-refractivity contribution is 7.90. The van der Waals surface area contributed by atoms with Crippen molar-refractivity contribution in [2.45, 2.75) is 58.4 Å². The molecule has 198 valence electrons. The molecule has 0 aliphatic heterocycles. The van der Waals surface area contributed by atoms with Crippen LogP contribution in [0, 0.1) is 6.92 Å². The summed E-state index contributed by atoms with van der Waals surface area (Å²) in [7, 11) is -4.12. The van der Waals surface area contributed by atoms with Gasteiger partial charge in [0.1, 0.15) is 11.5 Å². The third-order valence-corrected chi connectivity index (χ3v) is 7.28. The number of nitrogens with one attached hydrogen (secondary N) is 1. The fourth-order valence-corrected chi connectivity index (χ4v) is 5.47. The molecular weight excluding hydrogens is 510 g/mol. The third-order valence-electron chi connectivity index (χ3n) is 5.60. The average molecular weight is 544 g/mol. The Morgan fingerprint density at radius 1 is 1.03 bits per heavy atom. The number of carbonyl (C=O) groups is 1. The molecule has 3 rings (SSSR count). The minimum absolute atomic E-state index is 0.00369. The van der Waals surface area contributed by atoms with Crippen molar-refractivity contribution in [2.24, 2.45) is 0 Å². The van der Waals surface area contributed by atoms with E-state index in [1.807, 2.05) is 49.8 Å². The second kappa shape index (κ2) is 12.8. The summed E-state index contributed by atoms with van der Waals surface area (Å²) >= 11 is 5.52. The van der Waals surface area contributed by atoms with Gasteiger partial charge >= 0.3 is 6.09 Å². The SMILES string of the molecule is CCCOC(=O)NS(=O)(=O)c1ccccc1-c1ccc(Cn2c(CCC)nc(C)c2C(=S)OCC)cc1. The highest BCUT2D eigenvalue weighted by Gasteiger charge is 2.23. The van der Waals surface area contributed by atoms with Crippen LogP contribution in [-0.2, 0) is 32.5 Å². The second-order valence-electron chi connectivity index (χ2n) is 8.45. The van der Waals surface area contributed by atoms with E-state index in [1.54, 1.807) is 18.2 Å². The summed E-state index contributed by atoms with van der Waals surface area (Å²) in [6.07, 6.45) is 1.36. The summed E-state index contributed by atoms with van der Waals surface area (Å²) in [5, 5.41) is 0.426. The summed E-state index contributed by atoms with van der Waals surface area (Å²) in [6.45, 7) is 8.93. The molecule has 0 fully saturated rings. The number of carbonyl (C=O) groups excluding carboxylic acids is 1. The average Bonchev–Trinajstić information content (AvgIpc) is 3.17. The van der Waals surface area contributed by atoms with Gasteiger partial charge in [-0.05, 0) is 56.1 Å². The van der Waals surface area contributed by atoms with E-state index < -0.39 is 16.1 Å². The molecule has 0 unspecified atom stereocenters. The Balaban J connectivity index is 1.91. The van der Waals surface area contributed by atoms with Crippen LogP contribution in [0.3, 0.4) is 0 Å². The first-order valence-electron chi connectivity index (χ1n) is 12.3. The molecule has 0 radical (unpaired) electrons. The molecule has 1 N–H and O–H groups in total. The van der Waals surface area contributed by atoms with Crippen LogP contribution in [0.25, 0.3) is 11.1 Å². The number of thiocarbonyl (C=S) groups is 1. The number of hydrogen-bond acceptors (Lipinski definition) is 7. The zero-order valence-corrected chi connectivity index (χ0v) is 23.2. The predicted molar refractivity (Wildman–Crippen MR) is 147 cm³/mol. The van der Waals surface area contributed by atoms with Gasteiger partial charge in [-0.1, -0.05) is 56.3 Å². The van der Waals surface area contributed by atoms with E-state index in [9.17, 15) is 13.2 Å². The maximum absolute atomic E-state index is 12.9. The fraction of sp³-hybridized carbons (Fsp3) is 0.370. The van der Waals surface area contributed by atoms with Crippen molar-refractivity contribution in [1.29, 1.82) is 0 Å². The largest absolute Gasteiger partial charge is 0.482 e. The molecule has 0 aliphatic rings. The van der Waals surface area contributed by atoms with E-state index in [-0.39, 0.29) is 11.5 Å². The Morgan fingerprint density at radius 2 is 1.73 bits per heavy atom. The van der Waals surface area contributed by atoms with E-state index in [0.29, 0.717) is 35.7 Å². The molecule has 1 aromatic heterocycles. The molecule has 0 saturated heterocycles. The van der Waals surface area contributed by atoms with E-state index in [0.717, 1.165) is 35.6 Å². The molecule has 0 bridgehead atoms. The van der Waals surface area contributed by atoms with Gasteiger partial charge in [-0.3, -0.25) is 0 Å². The summed E-state index contributed by atoms with van der Waals surface area (Å²) in [4.78, 5) is 16.6. The second-order valence-corrected chi connectivity index (χ2v) is 10.5. The predicted octanol–water partition coefficient (Wildman–Crippen LogP) is 5.40. The summed E-state index contributed by atoms with van der Waals surface area (Å²) in [5.41, 5.74) is 3.82. The van der Waals surface area contributed by atoms with Gasteiger partial charge in [0, 0.05) is 18.5 Å². The van der Waals surface area contributed by atoms with Crippen molar-refractivity contribution >= 4 is 33.4 Å². The smallest absolute Gasteiger partial charge is 0.421 e. The van der Waals surface area contributed by atoms with Gasteiger partial charge in [-0.15, -0.1) is 0 Å². The maximum Gasteiger partial charge on any atom is 0.421 e. The zero-order valence-electron chi connectivity index (χ0n) is 21.6. The highest BCUT2D eigenvalue weighted by atomic mass is 32.2. The minimum atomic E-state index is -4.12. The molecule has 37 heavy (non-hydrogen) atoms. The number of rotatable bonds is 11. The quantitative estimate of drug-likeness (QED) is 0.324. The Kier molecular flexibility index (Phi) is 9.82. The van der Waals surface area contributed by atoms with Gasteiger partial charge in [-0.25, -0.2) is 22.9 Å². The monoisotopic (exact) mass is 543 g/mol. The van der Waals surface area contributed by atoms with Crippen molar-refractivity contribution in [3.63, 3.8) is 0 Å². The topological polar surface area (TPSA) is 99.5 Å². The minimum Gasteiger partial charge on any atom is -0.482 e. The molecule has 0 atom stereocenters. The summed E-state index contributed by atoms with van der Waals surface area (Å²) in [6, 6.07) is 14.2. The molecule has 0 spiro atoms. The normalized spacial score (nSPS) is 11.2. The lowest BCUT2D eigenvalue weighted by atomic mass is 10.0. The molecular formula is C27H33N3O5S2. The first-order chi connectivity index (χ1) is 17.7. The number of ether oxygens (including phenoxy) is 2. The number of aryl methyl sites for hydroxylation is 2. The van der Waals surface area contributed by atoms with Crippen LogP contribution in [0.15, 0.2) is 53.4 Å². The lowest BCUT2D eigenvalue weighted by molar-refractivity contribution is 0.152. The number of benzene rings is 2. The van der Waals surface area contributed by atoms with Gasteiger partial charge in [0.25, 0.3) is 10.0 Å². The summed E-state index contributed by atoms with van der Waals surface area (Å²) < 4.78 is 40.4. The van der Waals surface area contributed by atoms with Crippen LogP contribution >= 0.6 is 12.2 Å². The van der Waals surface area contributed by atoms with Crippen molar-refractivity contribution in [3.05, 3.63) is 71.3 Å². The van der Waals surface area contributed by atoms with Gasteiger partial charge in [0.2, 0.25) is 5.05 Å². The van der Waals surface area contributed by atoms with Gasteiger partial charge < -0.3 is 14.0 Å². The van der Waals surface area contributed by atoms with Crippen molar-refractivity contribution in [2.75, 3.05) is 13.2 Å². The van der Waals surface area contributed by atoms with E-state index >= 15 is 0 Å².